The number of hydrogen-bond donors (Lipinski definition) is 3. The molecule has 3 N–H and O–H groups in total. The number of benzene rings is 2. The monoisotopic (exact) mass is 526 g/mol. The molecule has 0 saturated carbocycles. The van der Waals surface area contributed by atoms with Crippen molar-refractivity contribution in [3.05, 3.63) is 63.6 Å². The first-order valence-electron chi connectivity index (χ1n) is 10.6. The van der Waals surface area contributed by atoms with Crippen molar-refractivity contribution in [2.24, 2.45) is 11.0 Å². The molecular weight excluding hydrogens is 503 g/mol. The fraction of sp³-hybridized carbons (Fsp3) is 0.348. The summed E-state index contributed by atoms with van der Waals surface area (Å²) in [7, 11) is 0. The summed E-state index contributed by atoms with van der Waals surface area (Å²) in [6.45, 7) is 2.19. The molecule has 2 heterocycles. The van der Waals surface area contributed by atoms with Crippen LogP contribution in [0.2, 0.25) is 10.0 Å². The number of carbonyl (C=O) groups is 2. The minimum atomic E-state index is -0.260. The highest BCUT2D eigenvalue weighted by atomic mass is 35.5. The second kappa shape index (κ2) is 12.4. The van der Waals surface area contributed by atoms with Gasteiger partial charge in [-0.2, -0.15) is 5.10 Å². The van der Waals surface area contributed by atoms with Crippen LogP contribution in [0.3, 0.4) is 0 Å². The summed E-state index contributed by atoms with van der Waals surface area (Å²) in [5.41, 5.74) is 4.61. The Labute approximate surface area is 213 Å². The number of ether oxygens (including phenoxy) is 2. The van der Waals surface area contributed by atoms with E-state index in [2.05, 4.69) is 21.2 Å². The molecule has 0 radical (unpaired) electrons. The van der Waals surface area contributed by atoms with E-state index in [1.54, 1.807) is 24.3 Å². The first kappa shape index (κ1) is 26.2. The summed E-state index contributed by atoms with van der Waals surface area (Å²) in [4.78, 5) is 24.0. The predicted molar refractivity (Wildman–Crippen MR) is 133 cm³/mol. The van der Waals surface area contributed by atoms with Crippen LogP contribution in [-0.2, 0) is 14.3 Å². The first-order valence-corrected chi connectivity index (χ1v) is 11.4. The Morgan fingerprint density at radius 3 is 2.79 bits per heavy atom. The van der Waals surface area contributed by atoms with Crippen LogP contribution in [0.15, 0.2) is 47.6 Å². The smallest absolute Gasteiger partial charge is 0.257 e. The molecule has 182 valence electrons. The van der Waals surface area contributed by atoms with Crippen molar-refractivity contribution in [1.29, 1.82) is 0 Å². The molecule has 2 aromatic carbocycles. The van der Waals surface area contributed by atoms with E-state index >= 15 is 0 Å². The van der Waals surface area contributed by atoms with E-state index in [1.807, 2.05) is 18.2 Å². The molecule has 34 heavy (non-hydrogen) atoms. The largest absolute Gasteiger partial charge is 0.483 e. The Kier molecular flexibility index (Phi) is 9.55. The van der Waals surface area contributed by atoms with Gasteiger partial charge in [-0.15, -0.1) is 12.4 Å². The van der Waals surface area contributed by atoms with Gasteiger partial charge in [-0.3, -0.25) is 9.59 Å². The van der Waals surface area contributed by atoms with Gasteiger partial charge in [-0.05, 0) is 29.8 Å². The third-order valence-electron chi connectivity index (χ3n) is 5.44. The van der Waals surface area contributed by atoms with Crippen molar-refractivity contribution in [3.8, 4) is 5.75 Å². The highest BCUT2D eigenvalue weighted by molar-refractivity contribution is 6.42. The highest BCUT2D eigenvalue weighted by Gasteiger charge is 2.27. The fourth-order valence-corrected chi connectivity index (χ4v) is 4.12. The number of halogens is 3. The van der Waals surface area contributed by atoms with Gasteiger partial charge < -0.3 is 20.1 Å². The summed E-state index contributed by atoms with van der Waals surface area (Å²) in [6, 6.07) is 12.6. The number of carbonyl (C=O) groups excluding carboxylic acids is 2. The van der Waals surface area contributed by atoms with Gasteiger partial charge in [0, 0.05) is 31.1 Å². The molecule has 11 heteroatoms. The zero-order valence-electron chi connectivity index (χ0n) is 18.2. The Morgan fingerprint density at radius 1 is 1.21 bits per heavy atom. The molecule has 0 aromatic heterocycles. The van der Waals surface area contributed by atoms with Crippen molar-refractivity contribution >= 4 is 53.1 Å². The minimum Gasteiger partial charge on any atom is -0.483 e. The molecular formula is C23H25Cl3N4O4. The second-order valence-electron chi connectivity index (χ2n) is 7.79. The quantitative estimate of drug-likeness (QED) is 0.514. The minimum absolute atomic E-state index is 0. The number of hydrogen-bond acceptors (Lipinski definition) is 6. The van der Waals surface area contributed by atoms with E-state index in [1.165, 1.54) is 0 Å². The normalized spacial score (nSPS) is 19.9. The van der Waals surface area contributed by atoms with Gasteiger partial charge in [0.15, 0.2) is 6.61 Å². The molecule has 8 nitrogen and oxygen atoms in total. The van der Waals surface area contributed by atoms with Gasteiger partial charge in [0.2, 0.25) is 5.91 Å². The number of hydrazone groups is 1. The third-order valence-corrected chi connectivity index (χ3v) is 6.18. The number of nitrogens with one attached hydrogen (secondary N) is 3. The molecule has 2 aromatic rings. The number of nitrogens with zero attached hydrogens (tertiary/aromatic N) is 1. The topological polar surface area (TPSA) is 101 Å². The Morgan fingerprint density at radius 2 is 2.03 bits per heavy atom. The SMILES string of the molecule is Cl.O=C(COc1ccccc1C1=NNC(=O)C1)NC[C@@H]1CNCCO[C@H]1c1ccc(Cl)c(Cl)c1. The fourth-order valence-electron chi connectivity index (χ4n) is 3.81. The Balaban J connectivity index is 0.00000324. The van der Waals surface area contributed by atoms with Crippen molar-refractivity contribution in [1.82, 2.24) is 16.1 Å². The van der Waals surface area contributed by atoms with Crippen LogP contribution >= 0.6 is 35.6 Å². The second-order valence-corrected chi connectivity index (χ2v) is 8.60. The Hall–Kier alpha value is -2.36. The van der Waals surface area contributed by atoms with Crippen LogP contribution in [0.25, 0.3) is 0 Å². The number of amides is 2. The average Bonchev–Trinajstić information content (AvgIpc) is 3.11. The average molecular weight is 528 g/mol. The van der Waals surface area contributed by atoms with Crippen molar-refractivity contribution < 1.29 is 19.1 Å². The van der Waals surface area contributed by atoms with Gasteiger partial charge in [0.05, 0.1) is 34.9 Å². The summed E-state index contributed by atoms with van der Waals surface area (Å²) >= 11 is 12.2. The third kappa shape index (κ3) is 6.61. The van der Waals surface area contributed by atoms with Crippen LogP contribution < -0.4 is 20.8 Å². The molecule has 0 spiro atoms. The molecule has 2 amide bonds. The Bertz CT molecular complexity index is 1070. The molecule has 2 aliphatic heterocycles. The lowest BCUT2D eigenvalue weighted by molar-refractivity contribution is -0.123. The maximum absolute atomic E-state index is 12.5. The highest BCUT2D eigenvalue weighted by Crippen LogP contribution is 2.32. The summed E-state index contributed by atoms with van der Waals surface area (Å²) in [6.07, 6.45) is -0.0562. The van der Waals surface area contributed by atoms with E-state index in [0.717, 1.165) is 12.1 Å². The van der Waals surface area contributed by atoms with Crippen LogP contribution in [0.5, 0.6) is 5.75 Å². The van der Waals surface area contributed by atoms with Gasteiger partial charge in [0.25, 0.3) is 5.91 Å². The first-order chi connectivity index (χ1) is 16.0. The van der Waals surface area contributed by atoms with E-state index in [4.69, 9.17) is 32.7 Å². The summed E-state index contributed by atoms with van der Waals surface area (Å²) in [5, 5.41) is 11.2. The summed E-state index contributed by atoms with van der Waals surface area (Å²) < 4.78 is 11.8. The van der Waals surface area contributed by atoms with Crippen molar-refractivity contribution in [2.75, 3.05) is 32.8 Å². The molecule has 1 fully saturated rings. The van der Waals surface area contributed by atoms with Crippen molar-refractivity contribution in [3.63, 3.8) is 0 Å². The van der Waals surface area contributed by atoms with Gasteiger partial charge in [0.1, 0.15) is 5.75 Å². The van der Waals surface area contributed by atoms with E-state index in [9.17, 15) is 9.59 Å². The van der Waals surface area contributed by atoms with Gasteiger partial charge >= 0.3 is 0 Å². The molecule has 2 atom stereocenters. The molecule has 0 aliphatic carbocycles. The van der Waals surface area contributed by atoms with Crippen molar-refractivity contribution in [2.45, 2.75) is 12.5 Å². The lowest BCUT2D eigenvalue weighted by atomic mass is 9.95. The van der Waals surface area contributed by atoms with Crippen LogP contribution in [0.1, 0.15) is 23.7 Å². The molecule has 1 saturated heterocycles. The van der Waals surface area contributed by atoms with E-state index < -0.39 is 0 Å². The lowest BCUT2D eigenvalue weighted by Crippen LogP contribution is -2.38. The zero-order chi connectivity index (χ0) is 23.2. The maximum Gasteiger partial charge on any atom is 0.257 e. The zero-order valence-corrected chi connectivity index (χ0v) is 20.5. The van der Waals surface area contributed by atoms with Gasteiger partial charge in [-0.25, -0.2) is 5.43 Å². The number of rotatable bonds is 7. The van der Waals surface area contributed by atoms with E-state index in [0.29, 0.717) is 46.8 Å². The van der Waals surface area contributed by atoms with Gasteiger partial charge in [-0.1, -0.05) is 41.4 Å². The van der Waals surface area contributed by atoms with Crippen LogP contribution in [-0.4, -0.2) is 50.4 Å². The lowest BCUT2D eigenvalue weighted by Gasteiger charge is -2.25. The molecule has 0 bridgehead atoms. The molecule has 4 rings (SSSR count). The predicted octanol–water partition coefficient (Wildman–Crippen LogP) is 3.11. The van der Waals surface area contributed by atoms with Crippen LogP contribution in [0.4, 0.5) is 0 Å². The number of para-hydroxylation sites is 1. The molecule has 2 aliphatic rings. The summed E-state index contributed by atoms with van der Waals surface area (Å²) in [5.74, 6) is 0.0553. The maximum atomic E-state index is 12.5. The van der Waals surface area contributed by atoms with E-state index in [-0.39, 0.29) is 49.3 Å². The van der Waals surface area contributed by atoms with Crippen LogP contribution in [0, 0.1) is 5.92 Å². The molecule has 0 unspecified atom stereocenters. The standard InChI is InChI=1S/C23H24Cl2N4O4.ClH/c24-17-6-5-14(9-18(17)25)23-15(11-26-7-8-32-23)12-27-22(31)13-33-20-4-2-1-3-16(20)19-10-21(30)29-28-19;/h1-6,9,15,23,26H,7-8,10-13H2,(H,27,31)(H,29,30);1H/t15-,23-;/m0./s1.